The molecule has 0 radical (unpaired) electrons. The van der Waals surface area contributed by atoms with Crippen LogP contribution in [0.3, 0.4) is 0 Å². The number of hydrogen-bond donors (Lipinski definition) is 2. The van der Waals surface area contributed by atoms with Crippen LogP contribution in [0.25, 0.3) is 0 Å². The number of rotatable bonds is 3. The summed E-state index contributed by atoms with van der Waals surface area (Å²) in [6, 6.07) is 0. The van der Waals surface area contributed by atoms with Gasteiger partial charge in [0.15, 0.2) is 6.49 Å². The molecule has 0 aliphatic heterocycles. The minimum Gasteiger partial charge on any atom is -0.345 e. The van der Waals surface area contributed by atoms with Crippen molar-refractivity contribution in [3.05, 3.63) is 0 Å². The molecule has 0 saturated carbocycles. The van der Waals surface area contributed by atoms with Gasteiger partial charge in [-0.25, -0.2) is 0 Å². The lowest BCUT2D eigenvalue weighted by atomic mass is 9.86. The van der Waals surface area contributed by atoms with E-state index in [-0.39, 0.29) is 5.41 Å². The summed E-state index contributed by atoms with van der Waals surface area (Å²) in [4.78, 5) is 18.1. The van der Waals surface area contributed by atoms with Crippen LogP contribution in [0.2, 0.25) is 0 Å². The third kappa shape index (κ3) is 8.66. The van der Waals surface area contributed by atoms with E-state index in [9.17, 15) is 0 Å². The maximum Gasteiger partial charge on any atom is 0.183 e. The van der Waals surface area contributed by atoms with Crippen molar-refractivity contribution < 1.29 is 9.79 Å². The molecule has 1 unspecified atom stereocenters. The predicted octanol–water partition coefficient (Wildman–Crippen LogP) is 2.35. The molecule has 4 heteroatoms. The second kappa shape index (κ2) is 4.19. The zero-order valence-electron chi connectivity index (χ0n) is 8.24. The van der Waals surface area contributed by atoms with Crippen molar-refractivity contribution in [2.45, 2.75) is 34.1 Å². The molecule has 0 aromatic carbocycles. The van der Waals surface area contributed by atoms with Crippen molar-refractivity contribution in [1.82, 2.24) is 0 Å². The standard InChI is InChI=1S/C8H19O2PS/c1-7(5-8(2,3)4)6-11(9,10)12/h7H,5-6H2,1-4H3,(H2,9,10,12). The van der Waals surface area contributed by atoms with Gasteiger partial charge in [-0.1, -0.05) is 27.7 Å². The summed E-state index contributed by atoms with van der Waals surface area (Å²) in [5, 5.41) is 0. The van der Waals surface area contributed by atoms with Gasteiger partial charge in [0.2, 0.25) is 0 Å². The van der Waals surface area contributed by atoms with Crippen LogP contribution in [-0.4, -0.2) is 15.9 Å². The molecule has 12 heavy (non-hydrogen) atoms. The molecule has 0 heterocycles. The zero-order chi connectivity index (χ0) is 9.99. The second-order valence-electron chi connectivity index (χ2n) is 4.72. The highest BCUT2D eigenvalue weighted by molar-refractivity contribution is 8.09. The van der Waals surface area contributed by atoms with E-state index < -0.39 is 6.49 Å². The Bertz CT molecular complexity index is 180. The van der Waals surface area contributed by atoms with Crippen LogP contribution >= 0.6 is 6.49 Å². The third-order valence-corrected chi connectivity index (χ3v) is 3.06. The monoisotopic (exact) mass is 210 g/mol. The molecule has 0 amide bonds. The van der Waals surface area contributed by atoms with Gasteiger partial charge in [0.25, 0.3) is 0 Å². The van der Waals surface area contributed by atoms with Gasteiger partial charge in [0, 0.05) is 6.16 Å². The average molecular weight is 210 g/mol. The van der Waals surface area contributed by atoms with E-state index in [1.807, 2.05) is 6.92 Å². The average Bonchev–Trinajstić information content (AvgIpc) is 1.49. The molecule has 0 rings (SSSR count). The molecule has 74 valence electrons. The SMILES string of the molecule is CC(CC(C)(C)C)CP(O)(O)=S. The van der Waals surface area contributed by atoms with Crippen LogP contribution in [0.15, 0.2) is 0 Å². The van der Waals surface area contributed by atoms with Crippen LogP contribution in [0.4, 0.5) is 0 Å². The Hall–Kier alpha value is 0.570. The lowest BCUT2D eigenvalue weighted by molar-refractivity contribution is 0.316. The summed E-state index contributed by atoms with van der Waals surface area (Å²) in [6.07, 6.45) is 1.35. The minimum atomic E-state index is -2.97. The Labute approximate surface area is 80.2 Å². The van der Waals surface area contributed by atoms with Crippen molar-refractivity contribution in [3.63, 3.8) is 0 Å². The molecule has 0 aliphatic rings. The first-order valence-electron chi connectivity index (χ1n) is 4.15. The number of hydrogen-bond acceptors (Lipinski definition) is 1. The van der Waals surface area contributed by atoms with Gasteiger partial charge in [0.05, 0.1) is 0 Å². The van der Waals surface area contributed by atoms with Gasteiger partial charge in [-0.2, -0.15) is 0 Å². The van der Waals surface area contributed by atoms with Gasteiger partial charge in [0.1, 0.15) is 0 Å². The van der Waals surface area contributed by atoms with E-state index in [1.54, 1.807) is 0 Å². The molecular weight excluding hydrogens is 191 g/mol. The Kier molecular flexibility index (Phi) is 4.39. The Morgan fingerprint density at radius 3 is 2.00 bits per heavy atom. The Morgan fingerprint density at radius 2 is 1.75 bits per heavy atom. The van der Waals surface area contributed by atoms with Crippen molar-refractivity contribution in [2.24, 2.45) is 11.3 Å². The molecule has 1 atom stereocenters. The highest BCUT2D eigenvalue weighted by Crippen LogP contribution is 2.40. The third-order valence-electron chi connectivity index (χ3n) is 1.51. The Morgan fingerprint density at radius 1 is 1.33 bits per heavy atom. The molecule has 0 aromatic heterocycles. The molecule has 0 bridgehead atoms. The molecule has 2 nitrogen and oxygen atoms in total. The first-order valence-corrected chi connectivity index (χ1v) is 7.04. The minimum absolute atomic E-state index is 0.240. The van der Waals surface area contributed by atoms with Gasteiger partial charge in [-0.05, 0) is 29.6 Å². The van der Waals surface area contributed by atoms with E-state index in [4.69, 9.17) is 9.79 Å². The lowest BCUT2D eigenvalue weighted by Crippen LogP contribution is -2.13. The largest absolute Gasteiger partial charge is 0.345 e. The summed E-state index contributed by atoms with van der Waals surface area (Å²) >= 11 is 4.57. The maximum absolute atomic E-state index is 9.07. The van der Waals surface area contributed by atoms with E-state index in [0.29, 0.717) is 12.1 Å². The van der Waals surface area contributed by atoms with E-state index in [0.717, 1.165) is 6.42 Å². The molecule has 0 fully saturated rings. The summed E-state index contributed by atoms with van der Waals surface area (Å²) in [7, 11) is 0. The highest BCUT2D eigenvalue weighted by atomic mass is 32.5. The van der Waals surface area contributed by atoms with Gasteiger partial charge in [-0.3, -0.25) is 0 Å². The molecular formula is C8H19O2PS. The van der Waals surface area contributed by atoms with Crippen LogP contribution in [0.5, 0.6) is 0 Å². The topological polar surface area (TPSA) is 40.5 Å². The first kappa shape index (κ1) is 12.6. The summed E-state index contributed by atoms with van der Waals surface area (Å²) in [5.74, 6) is 0.297. The second-order valence-corrected chi connectivity index (χ2v) is 8.17. The quantitative estimate of drug-likeness (QED) is 0.702. The van der Waals surface area contributed by atoms with Gasteiger partial charge < -0.3 is 9.79 Å². The fourth-order valence-electron chi connectivity index (χ4n) is 1.52. The molecule has 0 aromatic rings. The smallest absolute Gasteiger partial charge is 0.183 e. The molecule has 0 saturated heterocycles. The van der Waals surface area contributed by atoms with Crippen molar-refractivity contribution in [1.29, 1.82) is 0 Å². The summed E-state index contributed by atoms with van der Waals surface area (Å²) in [6.45, 7) is 5.46. The maximum atomic E-state index is 9.07. The van der Waals surface area contributed by atoms with Gasteiger partial charge >= 0.3 is 0 Å². The fourth-order valence-corrected chi connectivity index (χ4v) is 3.22. The molecule has 0 spiro atoms. The predicted molar refractivity (Wildman–Crippen MR) is 56.8 cm³/mol. The lowest BCUT2D eigenvalue weighted by Gasteiger charge is -2.24. The van der Waals surface area contributed by atoms with E-state index in [2.05, 4.69) is 32.6 Å². The van der Waals surface area contributed by atoms with Crippen LogP contribution in [0, 0.1) is 11.3 Å². The van der Waals surface area contributed by atoms with Crippen LogP contribution in [-0.2, 0) is 11.8 Å². The zero-order valence-corrected chi connectivity index (χ0v) is 9.95. The van der Waals surface area contributed by atoms with Crippen LogP contribution in [0.1, 0.15) is 34.1 Å². The summed E-state index contributed by atoms with van der Waals surface area (Å²) < 4.78 is 0. The van der Waals surface area contributed by atoms with Crippen molar-refractivity contribution in [3.8, 4) is 0 Å². The first-order chi connectivity index (χ1) is 5.10. The van der Waals surface area contributed by atoms with E-state index in [1.165, 1.54) is 0 Å². The van der Waals surface area contributed by atoms with Gasteiger partial charge in [-0.15, -0.1) is 0 Å². The van der Waals surface area contributed by atoms with Crippen molar-refractivity contribution >= 4 is 18.3 Å². The van der Waals surface area contributed by atoms with Crippen LogP contribution < -0.4 is 0 Å². The highest BCUT2D eigenvalue weighted by Gasteiger charge is 2.19. The normalized spacial score (nSPS) is 16.2. The van der Waals surface area contributed by atoms with Crippen molar-refractivity contribution in [2.75, 3.05) is 6.16 Å². The molecule has 2 N–H and O–H groups in total. The Balaban J connectivity index is 3.91. The van der Waals surface area contributed by atoms with E-state index >= 15 is 0 Å². The fraction of sp³-hybridized carbons (Fsp3) is 1.00. The molecule has 0 aliphatic carbocycles. The summed E-state index contributed by atoms with van der Waals surface area (Å²) in [5.41, 5.74) is 0.240.